The monoisotopic (exact) mass is 323 g/mol. The number of hydrogen-bond acceptors (Lipinski definition) is 4. The Kier molecular flexibility index (Phi) is 4.78. The Balaban J connectivity index is 1.60. The van der Waals surface area contributed by atoms with Gasteiger partial charge in [0.05, 0.1) is 6.42 Å². The summed E-state index contributed by atoms with van der Waals surface area (Å²) in [5, 5.41) is 12.5. The number of anilines is 1. The van der Waals surface area contributed by atoms with Crippen LogP contribution in [-0.4, -0.2) is 16.1 Å². The molecule has 1 heterocycles. The molecule has 3 aromatic rings. The molecule has 3 rings (SSSR count). The van der Waals surface area contributed by atoms with Crippen molar-refractivity contribution < 1.29 is 4.79 Å². The number of nitrogens with zero attached hydrogens (tertiary/aromatic N) is 2. The van der Waals surface area contributed by atoms with Crippen molar-refractivity contribution in [2.45, 2.75) is 19.8 Å². The summed E-state index contributed by atoms with van der Waals surface area (Å²) in [6.45, 7) is 2.01. The molecule has 0 radical (unpaired) electrons. The van der Waals surface area contributed by atoms with E-state index in [0.29, 0.717) is 11.6 Å². The van der Waals surface area contributed by atoms with Crippen molar-refractivity contribution in [3.63, 3.8) is 0 Å². The summed E-state index contributed by atoms with van der Waals surface area (Å²) in [5.74, 6) is -0.0679. The van der Waals surface area contributed by atoms with Gasteiger partial charge in [-0.05, 0) is 23.6 Å². The van der Waals surface area contributed by atoms with Crippen molar-refractivity contribution in [2.75, 3.05) is 5.32 Å². The number of carbonyl (C=O) groups is 1. The highest BCUT2D eigenvalue weighted by Crippen LogP contribution is 2.19. The number of benzene rings is 2. The van der Waals surface area contributed by atoms with Crippen LogP contribution in [0.1, 0.15) is 21.7 Å². The maximum atomic E-state index is 12.1. The van der Waals surface area contributed by atoms with Gasteiger partial charge in [0.25, 0.3) is 0 Å². The topological polar surface area (TPSA) is 54.9 Å². The predicted octanol–water partition coefficient (Wildman–Crippen LogP) is 3.62. The lowest BCUT2D eigenvalue weighted by Gasteiger charge is -2.04. The second-order valence-electron chi connectivity index (χ2n) is 5.31. The molecule has 0 fully saturated rings. The smallest absolute Gasteiger partial charge is 0.230 e. The zero-order valence-electron chi connectivity index (χ0n) is 12.8. The second-order valence-corrected chi connectivity index (χ2v) is 6.38. The van der Waals surface area contributed by atoms with Gasteiger partial charge in [-0.25, -0.2) is 0 Å². The molecule has 4 nitrogen and oxygen atoms in total. The van der Waals surface area contributed by atoms with Crippen LogP contribution < -0.4 is 5.32 Å². The Hall–Kier alpha value is -2.53. The van der Waals surface area contributed by atoms with Crippen molar-refractivity contribution in [2.24, 2.45) is 0 Å². The van der Waals surface area contributed by atoms with Gasteiger partial charge in [-0.15, -0.1) is 10.2 Å². The maximum absolute atomic E-state index is 12.1. The molecule has 116 valence electrons. The fourth-order valence-corrected chi connectivity index (χ4v) is 3.08. The van der Waals surface area contributed by atoms with Crippen molar-refractivity contribution in [1.29, 1.82) is 0 Å². The molecule has 1 aromatic heterocycles. The van der Waals surface area contributed by atoms with E-state index in [4.69, 9.17) is 0 Å². The van der Waals surface area contributed by atoms with Gasteiger partial charge < -0.3 is 5.32 Å². The van der Waals surface area contributed by atoms with Crippen molar-refractivity contribution in [1.82, 2.24) is 10.2 Å². The molecular formula is C18H17N3OS. The summed E-state index contributed by atoms with van der Waals surface area (Å²) in [5.41, 5.74) is 3.32. The van der Waals surface area contributed by atoms with Crippen LogP contribution in [0.4, 0.5) is 5.13 Å². The van der Waals surface area contributed by atoms with Crippen LogP contribution >= 0.6 is 11.3 Å². The third-order valence-corrected chi connectivity index (χ3v) is 4.36. The molecule has 2 aromatic carbocycles. The summed E-state index contributed by atoms with van der Waals surface area (Å²) in [6.07, 6.45) is 1.08. The van der Waals surface area contributed by atoms with Gasteiger partial charge in [-0.3, -0.25) is 4.79 Å². The summed E-state index contributed by atoms with van der Waals surface area (Å²) < 4.78 is 0. The molecule has 5 heteroatoms. The number of hydrogen-bond donors (Lipinski definition) is 1. The summed E-state index contributed by atoms with van der Waals surface area (Å²) >= 11 is 1.42. The van der Waals surface area contributed by atoms with E-state index in [-0.39, 0.29) is 5.91 Å². The molecular weight excluding hydrogens is 306 g/mol. The molecule has 0 saturated carbocycles. The Labute approximate surface area is 139 Å². The minimum Gasteiger partial charge on any atom is -0.300 e. The molecule has 1 amide bonds. The fourth-order valence-electron chi connectivity index (χ4n) is 2.29. The summed E-state index contributed by atoms with van der Waals surface area (Å²) in [7, 11) is 0. The van der Waals surface area contributed by atoms with Gasteiger partial charge in [0.1, 0.15) is 5.01 Å². The number of nitrogens with one attached hydrogen (secondary N) is 1. The highest BCUT2D eigenvalue weighted by atomic mass is 32.1. The minimum atomic E-state index is -0.0679. The van der Waals surface area contributed by atoms with E-state index in [1.165, 1.54) is 16.9 Å². The first kappa shape index (κ1) is 15.4. The number of carbonyl (C=O) groups excluding carboxylic acids is 1. The highest BCUT2D eigenvalue weighted by molar-refractivity contribution is 7.15. The van der Waals surface area contributed by atoms with Gasteiger partial charge in [0.2, 0.25) is 11.0 Å². The van der Waals surface area contributed by atoms with Crippen molar-refractivity contribution in [3.05, 3.63) is 76.3 Å². The number of rotatable bonds is 5. The van der Waals surface area contributed by atoms with E-state index in [1.807, 2.05) is 49.4 Å². The maximum Gasteiger partial charge on any atom is 0.230 e. The van der Waals surface area contributed by atoms with E-state index in [2.05, 4.69) is 27.6 Å². The number of amides is 1. The molecule has 0 spiro atoms. The van der Waals surface area contributed by atoms with Crippen LogP contribution in [0.25, 0.3) is 0 Å². The molecule has 0 bridgehead atoms. The van der Waals surface area contributed by atoms with Gasteiger partial charge in [-0.2, -0.15) is 0 Å². The number of aromatic nitrogens is 2. The first-order chi connectivity index (χ1) is 11.2. The van der Waals surface area contributed by atoms with Crippen LogP contribution in [0.2, 0.25) is 0 Å². The van der Waals surface area contributed by atoms with Crippen molar-refractivity contribution in [3.8, 4) is 0 Å². The van der Waals surface area contributed by atoms with Gasteiger partial charge >= 0.3 is 0 Å². The molecule has 0 aliphatic rings. The van der Waals surface area contributed by atoms with Crippen LogP contribution in [0.5, 0.6) is 0 Å². The third kappa shape index (κ3) is 4.23. The van der Waals surface area contributed by atoms with E-state index >= 15 is 0 Å². The van der Waals surface area contributed by atoms with Gasteiger partial charge in [0.15, 0.2) is 0 Å². The molecule has 0 aliphatic heterocycles. The van der Waals surface area contributed by atoms with Gasteiger partial charge in [0, 0.05) is 6.42 Å². The first-order valence-corrected chi connectivity index (χ1v) is 8.23. The SMILES string of the molecule is Cc1ccccc1CC(=O)Nc1nnc(Cc2ccccc2)s1. The van der Waals surface area contributed by atoms with Crippen LogP contribution in [-0.2, 0) is 17.6 Å². The van der Waals surface area contributed by atoms with E-state index in [1.54, 1.807) is 0 Å². The molecule has 0 saturated heterocycles. The van der Waals surface area contributed by atoms with Crippen LogP contribution in [0.3, 0.4) is 0 Å². The Bertz CT molecular complexity index is 799. The summed E-state index contributed by atoms with van der Waals surface area (Å²) in [6, 6.07) is 18.0. The lowest BCUT2D eigenvalue weighted by atomic mass is 10.1. The molecule has 0 atom stereocenters. The Morgan fingerprint density at radius 1 is 1.04 bits per heavy atom. The molecule has 0 unspecified atom stereocenters. The van der Waals surface area contributed by atoms with Crippen molar-refractivity contribution >= 4 is 22.4 Å². The Morgan fingerprint density at radius 2 is 1.78 bits per heavy atom. The van der Waals surface area contributed by atoms with Crippen LogP contribution in [0, 0.1) is 6.92 Å². The summed E-state index contributed by atoms with van der Waals surface area (Å²) in [4.78, 5) is 12.1. The zero-order valence-corrected chi connectivity index (χ0v) is 13.6. The molecule has 0 aliphatic carbocycles. The molecule has 23 heavy (non-hydrogen) atoms. The largest absolute Gasteiger partial charge is 0.300 e. The second kappa shape index (κ2) is 7.15. The minimum absolute atomic E-state index is 0.0679. The third-order valence-electron chi connectivity index (χ3n) is 3.52. The first-order valence-electron chi connectivity index (χ1n) is 7.41. The van der Waals surface area contributed by atoms with Gasteiger partial charge in [-0.1, -0.05) is 65.9 Å². The lowest BCUT2D eigenvalue weighted by molar-refractivity contribution is -0.115. The Morgan fingerprint density at radius 3 is 2.57 bits per heavy atom. The predicted molar refractivity (Wildman–Crippen MR) is 92.7 cm³/mol. The average Bonchev–Trinajstić information content (AvgIpc) is 2.97. The van der Waals surface area contributed by atoms with Crippen LogP contribution in [0.15, 0.2) is 54.6 Å². The number of aryl methyl sites for hydroxylation is 1. The van der Waals surface area contributed by atoms with E-state index < -0.39 is 0 Å². The molecule has 1 N–H and O–H groups in total. The standard InChI is InChI=1S/C18H17N3OS/c1-13-7-5-6-10-15(13)12-16(22)19-18-21-20-17(23-18)11-14-8-3-2-4-9-14/h2-10H,11-12H2,1H3,(H,19,21,22). The lowest BCUT2D eigenvalue weighted by Crippen LogP contribution is -2.14. The highest BCUT2D eigenvalue weighted by Gasteiger charge is 2.10. The fraction of sp³-hybridized carbons (Fsp3) is 0.167. The average molecular weight is 323 g/mol. The quantitative estimate of drug-likeness (QED) is 0.780. The van der Waals surface area contributed by atoms with E-state index in [9.17, 15) is 4.79 Å². The zero-order chi connectivity index (χ0) is 16.1. The van der Waals surface area contributed by atoms with E-state index in [0.717, 1.165) is 22.6 Å². The normalized spacial score (nSPS) is 10.5.